The zero-order chi connectivity index (χ0) is 17.4. The smallest absolute Gasteiger partial charge is 0.157 e. The molecule has 2 aromatic carbocycles. The first kappa shape index (κ1) is 21.4. The maximum atomic E-state index is 9.57. The zero-order valence-electron chi connectivity index (χ0n) is 14.3. The summed E-state index contributed by atoms with van der Waals surface area (Å²) in [7, 11) is 0. The van der Waals surface area contributed by atoms with E-state index in [2.05, 4.69) is 11.8 Å². The minimum Gasteiger partial charge on any atom is -0.504 e. The molecule has 0 saturated carbocycles. The van der Waals surface area contributed by atoms with Gasteiger partial charge in [0.15, 0.2) is 11.5 Å². The second-order valence-corrected chi connectivity index (χ2v) is 6.10. The van der Waals surface area contributed by atoms with E-state index in [1.54, 1.807) is 6.07 Å². The molecule has 2 rings (SSSR count). The van der Waals surface area contributed by atoms with Crippen molar-refractivity contribution in [2.45, 2.75) is 19.8 Å². The van der Waals surface area contributed by atoms with Crippen LogP contribution in [0.15, 0.2) is 42.5 Å². The predicted octanol–water partition coefficient (Wildman–Crippen LogP) is 4.51. The van der Waals surface area contributed by atoms with Crippen LogP contribution in [0.4, 0.5) is 0 Å². The molecule has 4 nitrogen and oxygen atoms in total. The Balaban J connectivity index is 0.00000312. The second-order valence-electron chi connectivity index (χ2n) is 5.69. The van der Waals surface area contributed by atoms with E-state index in [-0.39, 0.29) is 23.9 Å². The topological polar surface area (TPSA) is 52.9 Å². The fourth-order valence-electron chi connectivity index (χ4n) is 2.51. The highest BCUT2D eigenvalue weighted by atomic mass is 35.5. The minimum atomic E-state index is -0.0858. The number of rotatable bonds is 9. The molecular weight excluding hydrogens is 361 g/mol. The van der Waals surface area contributed by atoms with Gasteiger partial charge >= 0.3 is 0 Å². The van der Waals surface area contributed by atoms with E-state index in [1.165, 1.54) is 6.07 Å². The van der Waals surface area contributed by atoms with Gasteiger partial charge in [0, 0.05) is 13.1 Å². The van der Waals surface area contributed by atoms with Gasteiger partial charge in [0.05, 0.1) is 5.02 Å². The van der Waals surface area contributed by atoms with Gasteiger partial charge in [-0.3, -0.25) is 4.90 Å². The van der Waals surface area contributed by atoms with E-state index in [4.69, 9.17) is 16.3 Å². The van der Waals surface area contributed by atoms with Gasteiger partial charge in [0.1, 0.15) is 12.4 Å². The third-order valence-electron chi connectivity index (χ3n) is 3.80. The molecule has 0 aliphatic rings. The van der Waals surface area contributed by atoms with Crippen molar-refractivity contribution >= 4 is 24.0 Å². The van der Waals surface area contributed by atoms with Crippen LogP contribution in [0.5, 0.6) is 17.2 Å². The van der Waals surface area contributed by atoms with E-state index in [0.717, 1.165) is 38.0 Å². The average molecular weight is 386 g/mol. The predicted molar refractivity (Wildman–Crippen MR) is 104 cm³/mol. The SMILES string of the molecule is CCCN(CCOc1ccccc1Cl)CCc1ccc(O)c(O)c1.Cl. The average Bonchev–Trinajstić information content (AvgIpc) is 2.57. The molecule has 2 aromatic rings. The molecule has 0 aliphatic heterocycles. The Morgan fingerprint density at radius 2 is 1.76 bits per heavy atom. The Morgan fingerprint density at radius 3 is 2.44 bits per heavy atom. The van der Waals surface area contributed by atoms with Crippen LogP contribution in [0, 0.1) is 0 Å². The van der Waals surface area contributed by atoms with Gasteiger partial charge in [-0.05, 0) is 49.2 Å². The number of nitrogens with zero attached hydrogens (tertiary/aromatic N) is 1. The summed E-state index contributed by atoms with van der Waals surface area (Å²) in [6.45, 7) is 5.38. The van der Waals surface area contributed by atoms with Crippen molar-refractivity contribution in [3.63, 3.8) is 0 Å². The lowest BCUT2D eigenvalue weighted by molar-refractivity contribution is 0.210. The number of benzene rings is 2. The molecule has 0 heterocycles. The first-order valence-electron chi connectivity index (χ1n) is 8.20. The highest BCUT2D eigenvalue weighted by Crippen LogP contribution is 2.25. The van der Waals surface area contributed by atoms with Crippen LogP contribution in [-0.2, 0) is 6.42 Å². The third-order valence-corrected chi connectivity index (χ3v) is 4.11. The van der Waals surface area contributed by atoms with Gasteiger partial charge in [-0.25, -0.2) is 0 Å². The van der Waals surface area contributed by atoms with Gasteiger partial charge in [-0.15, -0.1) is 12.4 Å². The summed E-state index contributed by atoms with van der Waals surface area (Å²) in [5, 5.41) is 19.6. The number of hydrogen-bond acceptors (Lipinski definition) is 4. The van der Waals surface area contributed by atoms with Crippen LogP contribution >= 0.6 is 24.0 Å². The lowest BCUT2D eigenvalue weighted by Crippen LogP contribution is -2.31. The van der Waals surface area contributed by atoms with Crippen LogP contribution in [0.1, 0.15) is 18.9 Å². The van der Waals surface area contributed by atoms with Crippen LogP contribution < -0.4 is 4.74 Å². The molecule has 25 heavy (non-hydrogen) atoms. The fourth-order valence-corrected chi connectivity index (χ4v) is 2.70. The Hall–Kier alpha value is -1.62. The first-order valence-corrected chi connectivity index (χ1v) is 8.58. The van der Waals surface area contributed by atoms with Crippen molar-refractivity contribution in [2.24, 2.45) is 0 Å². The molecule has 138 valence electrons. The number of phenols is 2. The Morgan fingerprint density at radius 1 is 1.00 bits per heavy atom. The normalized spacial score (nSPS) is 10.5. The molecule has 0 radical (unpaired) electrons. The van der Waals surface area contributed by atoms with Crippen molar-refractivity contribution in [1.82, 2.24) is 4.90 Å². The van der Waals surface area contributed by atoms with E-state index in [9.17, 15) is 10.2 Å². The lowest BCUT2D eigenvalue weighted by Gasteiger charge is -2.22. The fraction of sp³-hybridized carbons (Fsp3) is 0.368. The second kappa shape index (κ2) is 11.1. The maximum absolute atomic E-state index is 9.57. The zero-order valence-corrected chi connectivity index (χ0v) is 15.9. The monoisotopic (exact) mass is 385 g/mol. The molecule has 0 aromatic heterocycles. The summed E-state index contributed by atoms with van der Waals surface area (Å²) >= 11 is 6.09. The summed E-state index contributed by atoms with van der Waals surface area (Å²) in [4.78, 5) is 2.32. The lowest BCUT2D eigenvalue weighted by atomic mass is 10.1. The van der Waals surface area contributed by atoms with Crippen molar-refractivity contribution in [3.05, 3.63) is 53.1 Å². The summed E-state index contributed by atoms with van der Waals surface area (Å²) in [6, 6.07) is 12.4. The molecule has 6 heteroatoms. The van der Waals surface area contributed by atoms with Gasteiger partial charge < -0.3 is 14.9 Å². The number of hydrogen-bond donors (Lipinski definition) is 2. The maximum Gasteiger partial charge on any atom is 0.157 e. The van der Waals surface area contributed by atoms with Crippen LogP contribution in [0.3, 0.4) is 0 Å². The number of halogens is 2. The standard InChI is InChI=1S/C19H24ClNO3.ClH/c1-2-10-21(11-9-15-7-8-17(22)18(23)14-15)12-13-24-19-6-4-3-5-16(19)20;/h3-8,14,22-23H,2,9-13H2,1H3;1H. The van der Waals surface area contributed by atoms with Gasteiger partial charge in [0.25, 0.3) is 0 Å². The largest absolute Gasteiger partial charge is 0.504 e. The molecule has 0 aliphatic carbocycles. The molecule has 0 unspecified atom stereocenters. The van der Waals surface area contributed by atoms with E-state index >= 15 is 0 Å². The van der Waals surface area contributed by atoms with Gasteiger partial charge in [-0.1, -0.05) is 36.7 Å². The van der Waals surface area contributed by atoms with Gasteiger partial charge in [0.2, 0.25) is 0 Å². The van der Waals surface area contributed by atoms with E-state index in [0.29, 0.717) is 17.4 Å². The van der Waals surface area contributed by atoms with Crippen molar-refractivity contribution in [1.29, 1.82) is 0 Å². The van der Waals surface area contributed by atoms with Crippen molar-refractivity contribution in [2.75, 3.05) is 26.2 Å². The van der Waals surface area contributed by atoms with Crippen LogP contribution in [0.2, 0.25) is 5.02 Å². The molecule has 0 bridgehead atoms. The Labute approximate surface area is 160 Å². The molecule has 0 fully saturated rings. The molecule has 0 saturated heterocycles. The van der Waals surface area contributed by atoms with Crippen molar-refractivity contribution in [3.8, 4) is 17.2 Å². The Kier molecular flexibility index (Phi) is 9.50. The molecule has 0 spiro atoms. The highest BCUT2D eigenvalue weighted by molar-refractivity contribution is 6.32. The van der Waals surface area contributed by atoms with Crippen molar-refractivity contribution < 1.29 is 14.9 Å². The van der Waals surface area contributed by atoms with Crippen LogP contribution in [0.25, 0.3) is 0 Å². The molecule has 0 atom stereocenters. The number of ether oxygens (including phenoxy) is 1. The molecule has 2 N–H and O–H groups in total. The summed E-state index contributed by atoms with van der Waals surface area (Å²) in [5.41, 5.74) is 0.999. The summed E-state index contributed by atoms with van der Waals surface area (Å²) in [5.74, 6) is 0.549. The van der Waals surface area contributed by atoms with E-state index < -0.39 is 0 Å². The number of phenolic OH excluding ortho intramolecular Hbond substituents is 2. The quantitative estimate of drug-likeness (QED) is 0.623. The van der Waals surface area contributed by atoms with Gasteiger partial charge in [-0.2, -0.15) is 0 Å². The summed E-state index contributed by atoms with van der Waals surface area (Å²) in [6.07, 6.45) is 1.87. The third kappa shape index (κ3) is 7.02. The first-order chi connectivity index (χ1) is 11.6. The van der Waals surface area contributed by atoms with Crippen LogP contribution in [-0.4, -0.2) is 41.4 Å². The Bertz CT molecular complexity index is 652. The van der Waals surface area contributed by atoms with E-state index in [1.807, 2.05) is 30.3 Å². The summed E-state index contributed by atoms with van der Waals surface area (Å²) < 4.78 is 5.75. The number of para-hydroxylation sites is 1. The molecule has 0 amide bonds. The highest BCUT2D eigenvalue weighted by Gasteiger charge is 2.07. The molecular formula is C19H25Cl2NO3. The number of aromatic hydroxyl groups is 2. The minimum absolute atomic E-state index is 0.